The van der Waals surface area contributed by atoms with E-state index in [1.54, 1.807) is 60.7 Å². The van der Waals surface area contributed by atoms with Crippen LogP contribution < -0.4 is 19.3 Å². The van der Waals surface area contributed by atoms with Crippen molar-refractivity contribution in [1.82, 2.24) is 0 Å². The maximum absolute atomic E-state index is 13.8. The van der Waals surface area contributed by atoms with Crippen molar-refractivity contribution in [2.45, 2.75) is 6.61 Å². The second-order valence-corrected chi connectivity index (χ2v) is 10.3. The fourth-order valence-corrected chi connectivity index (χ4v) is 5.28. The van der Waals surface area contributed by atoms with E-state index in [4.69, 9.17) is 33.3 Å². The average molecular weight is 634 g/mol. The topological polar surface area (TPSA) is 59.1 Å². The van der Waals surface area contributed by atoms with Gasteiger partial charge in [0.1, 0.15) is 12.2 Å². The summed E-state index contributed by atoms with van der Waals surface area (Å²) in [5.74, 6) is -0.380. The zero-order chi connectivity index (χ0) is 28.2. The SMILES string of the molecule is COc1cc(C=C2C(=O)N(c3ccccc3)C(=S)N(c3ccccc3)C2=O)cc(Cl)c1OCc1ccccc1Br. The third-order valence-electron chi connectivity index (χ3n) is 6.17. The van der Waals surface area contributed by atoms with E-state index < -0.39 is 11.8 Å². The lowest BCUT2D eigenvalue weighted by Gasteiger charge is -2.36. The molecule has 4 aromatic carbocycles. The molecular formula is C31H22BrClN2O4S. The lowest BCUT2D eigenvalue weighted by atomic mass is 10.0. The average Bonchev–Trinajstić information content (AvgIpc) is 2.96. The third-order valence-corrected chi connectivity index (χ3v) is 7.59. The highest BCUT2D eigenvalue weighted by molar-refractivity contribution is 9.10. The Kier molecular flexibility index (Phi) is 8.30. The molecule has 4 aromatic rings. The molecule has 0 spiro atoms. The minimum Gasteiger partial charge on any atom is -0.493 e. The first-order chi connectivity index (χ1) is 19.4. The van der Waals surface area contributed by atoms with Crippen LogP contribution in [0.2, 0.25) is 5.02 Å². The summed E-state index contributed by atoms with van der Waals surface area (Å²) in [5.41, 5.74) is 2.43. The fraction of sp³-hybridized carbons (Fsp3) is 0.0645. The van der Waals surface area contributed by atoms with E-state index in [0.717, 1.165) is 10.0 Å². The van der Waals surface area contributed by atoms with Gasteiger partial charge in [-0.25, -0.2) is 0 Å². The smallest absolute Gasteiger partial charge is 0.270 e. The van der Waals surface area contributed by atoms with E-state index in [-0.39, 0.29) is 22.3 Å². The summed E-state index contributed by atoms with van der Waals surface area (Å²) < 4.78 is 12.5. The van der Waals surface area contributed by atoms with Gasteiger partial charge in [-0.1, -0.05) is 82.1 Å². The Morgan fingerprint density at radius 1 is 0.850 bits per heavy atom. The van der Waals surface area contributed by atoms with Crippen LogP contribution in [0.5, 0.6) is 11.5 Å². The lowest BCUT2D eigenvalue weighted by molar-refractivity contribution is -0.120. The molecule has 0 saturated carbocycles. The van der Waals surface area contributed by atoms with Gasteiger partial charge in [0.15, 0.2) is 16.6 Å². The molecule has 0 bridgehead atoms. The molecule has 5 rings (SSSR count). The van der Waals surface area contributed by atoms with Gasteiger partial charge >= 0.3 is 0 Å². The highest BCUT2D eigenvalue weighted by Gasteiger charge is 2.41. The van der Waals surface area contributed by atoms with E-state index in [2.05, 4.69) is 15.9 Å². The van der Waals surface area contributed by atoms with Gasteiger partial charge in [-0.3, -0.25) is 19.4 Å². The number of ether oxygens (including phenoxy) is 2. The minimum atomic E-state index is -0.544. The summed E-state index contributed by atoms with van der Waals surface area (Å²) in [5, 5.41) is 0.334. The Balaban J connectivity index is 1.55. The van der Waals surface area contributed by atoms with Gasteiger partial charge in [0.25, 0.3) is 11.8 Å². The molecule has 0 N–H and O–H groups in total. The predicted molar refractivity (Wildman–Crippen MR) is 165 cm³/mol. The standard InChI is InChI=1S/C31H22BrClN2O4S/c1-38-27-18-20(17-26(33)28(27)39-19-21-10-8-9-15-25(21)32)16-24-29(36)34(22-11-4-2-5-12-22)31(40)35(30(24)37)23-13-6-3-7-14-23/h2-18H,19H2,1H3. The number of amides is 2. The molecule has 1 heterocycles. The highest BCUT2D eigenvalue weighted by atomic mass is 79.9. The molecular weight excluding hydrogens is 612 g/mol. The maximum atomic E-state index is 13.8. The van der Waals surface area contributed by atoms with E-state index in [9.17, 15) is 9.59 Å². The first-order valence-electron chi connectivity index (χ1n) is 12.2. The summed E-state index contributed by atoms with van der Waals surface area (Å²) in [6.07, 6.45) is 1.49. The molecule has 1 fully saturated rings. The molecule has 0 aromatic heterocycles. The maximum Gasteiger partial charge on any atom is 0.270 e. The fourth-order valence-electron chi connectivity index (χ4n) is 4.23. The number of nitrogens with zero attached hydrogens (tertiary/aromatic N) is 2. The Morgan fingerprint density at radius 2 is 1.40 bits per heavy atom. The Hall–Kier alpha value is -3.98. The summed E-state index contributed by atoms with van der Waals surface area (Å²) in [4.78, 5) is 30.2. The second-order valence-electron chi connectivity index (χ2n) is 8.71. The molecule has 40 heavy (non-hydrogen) atoms. The number of thiocarbonyl (C=S) groups is 1. The first kappa shape index (κ1) is 27.6. The van der Waals surface area contributed by atoms with E-state index in [1.807, 2.05) is 36.4 Å². The second kappa shape index (κ2) is 12.0. The van der Waals surface area contributed by atoms with Crippen molar-refractivity contribution in [2.75, 3.05) is 16.9 Å². The number of para-hydroxylation sites is 2. The van der Waals surface area contributed by atoms with Gasteiger partial charge in [-0.05, 0) is 66.3 Å². The number of carbonyl (C=O) groups excluding carboxylic acids is 2. The number of carbonyl (C=O) groups is 2. The number of hydrogen-bond acceptors (Lipinski definition) is 5. The summed E-state index contributed by atoms with van der Waals surface area (Å²) in [7, 11) is 1.50. The van der Waals surface area contributed by atoms with Crippen molar-refractivity contribution in [3.05, 3.63) is 123 Å². The molecule has 2 amide bonds. The van der Waals surface area contributed by atoms with Crippen LogP contribution in [0.3, 0.4) is 0 Å². The van der Waals surface area contributed by atoms with Gasteiger partial charge in [-0.15, -0.1) is 0 Å². The van der Waals surface area contributed by atoms with E-state index in [1.165, 1.54) is 23.0 Å². The molecule has 9 heteroatoms. The number of benzene rings is 4. The van der Waals surface area contributed by atoms with Crippen molar-refractivity contribution in [1.29, 1.82) is 0 Å². The van der Waals surface area contributed by atoms with E-state index in [0.29, 0.717) is 28.4 Å². The predicted octanol–water partition coefficient (Wildman–Crippen LogP) is 7.44. The number of anilines is 2. The number of halogens is 2. The van der Waals surface area contributed by atoms with Crippen molar-refractivity contribution < 1.29 is 19.1 Å². The molecule has 6 nitrogen and oxygen atoms in total. The molecule has 0 radical (unpaired) electrons. The monoisotopic (exact) mass is 632 g/mol. The minimum absolute atomic E-state index is 0.0657. The Morgan fingerprint density at radius 3 is 1.95 bits per heavy atom. The zero-order valence-corrected chi connectivity index (χ0v) is 24.4. The van der Waals surface area contributed by atoms with Crippen molar-refractivity contribution in [3.63, 3.8) is 0 Å². The Bertz CT molecular complexity index is 1570. The quantitative estimate of drug-likeness (QED) is 0.120. The summed E-state index contributed by atoms with van der Waals surface area (Å²) >= 11 is 15.8. The molecule has 1 aliphatic rings. The normalized spacial score (nSPS) is 13.5. The van der Waals surface area contributed by atoms with E-state index >= 15 is 0 Å². The van der Waals surface area contributed by atoms with Crippen molar-refractivity contribution in [3.8, 4) is 11.5 Å². The van der Waals surface area contributed by atoms with Crippen LogP contribution in [0.25, 0.3) is 6.08 Å². The van der Waals surface area contributed by atoms with Crippen molar-refractivity contribution in [2.24, 2.45) is 0 Å². The number of hydrogen-bond donors (Lipinski definition) is 0. The summed E-state index contributed by atoms with van der Waals surface area (Å²) in [6.45, 7) is 0.254. The van der Waals surface area contributed by atoms with Crippen LogP contribution in [-0.4, -0.2) is 24.0 Å². The first-order valence-corrected chi connectivity index (χ1v) is 13.8. The van der Waals surface area contributed by atoms with Gasteiger partial charge in [0.05, 0.1) is 23.5 Å². The molecule has 200 valence electrons. The number of rotatable bonds is 7. The highest BCUT2D eigenvalue weighted by Crippen LogP contribution is 2.38. The van der Waals surface area contributed by atoms with Crippen molar-refractivity contribution >= 4 is 74.1 Å². The molecule has 1 saturated heterocycles. The van der Waals surface area contributed by atoms with Gasteiger partial charge < -0.3 is 9.47 Å². The van der Waals surface area contributed by atoms with Crippen LogP contribution in [0, 0.1) is 0 Å². The van der Waals surface area contributed by atoms with Crippen LogP contribution >= 0.6 is 39.7 Å². The lowest BCUT2D eigenvalue weighted by Crippen LogP contribution is -2.56. The molecule has 0 atom stereocenters. The largest absolute Gasteiger partial charge is 0.493 e. The van der Waals surface area contributed by atoms with Gasteiger partial charge in [0.2, 0.25) is 0 Å². The molecule has 0 aliphatic carbocycles. The number of methoxy groups -OCH3 is 1. The van der Waals surface area contributed by atoms with Gasteiger partial charge in [-0.2, -0.15) is 0 Å². The van der Waals surface area contributed by atoms with Crippen LogP contribution in [0.15, 0.2) is 107 Å². The van der Waals surface area contributed by atoms with Gasteiger partial charge in [0, 0.05) is 10.0 Å². The summed E-state index contributed by atoms with van der Waals surface area (Å²) in [6, 6.07) is 28.9. The third kappa shape index (κ3) is 5.51. The Labute approximate surface area is 250 Å². The molecule has 0 unspecified atom stereocenters. The molecule has 1 aliphatic heterocycles. The van der Waals surface area contributed by atoms with Crippen LogP contribution in [-0.2, 0) is 16.2 Å². The van der Waals surface area contributed by atoms with Crippen LogP contribution in [0.1, 0.15) is 11.1 Å². The zero-order valence-electron chi connectivity index (χ0n) is 21.2. The van der Waals surface area contributed by atoms with Crippen LogP contribution in [0.4, 0.5) is 11.4 Å².